The van der Waals surface area contributed by atoms with E-state index < -0.39 is 5.82 Å². The average Bonchev–Trinajstić information content (AvgIpc) is 3.34. The number of benzene rings is 3. The van der Waals surface area contributed by atoms with Gasteiger partial charge in [0, 0.05) is 34.9 Å². The standard InChI is InChI=1S/C29H28FN3O/c1-19-5-7-22(8-6-19)25-11-9-24(16-26(25)30)29(34)32-27-12-10-23-15-21(17-31-28(23)20(27)2)18-33-13-3-4-14-33/h5-12,15-17H,3-4,13-14,18H2,1-2H3,(H,32,34). The SMILES string of the molecule is Cc1ccc(-c2ccc(C(=O)Nc3ccc4cc(CN5CCCC5)cnc4c3C)cc2F)cc1. The fourth-order valence-electron chi connectivity index (χ4n) is 4.63. The number of fused-ring (bicyclic) bond motifs is 1. The van der Waals surface area contributed by atoms with Crippen LogP contribution in [0.2, 0.25) is 0 Å². The second-order valence-electron chi connectivity index (χ2n) is 9.15. The van der Waals surface area contributed by atoms with E-state index in [0.29, 0.717) is 11.3 Å². The zero-order valence-electron chi connectivity index (χ0n) is 19.6. The smallest absolute Gasteiger partial charge is 0.255 e. The Kier molecular flexibility index (Phi) is 6.12. The topological polar surface area (TPSA) is 45.2 Å². The molecule has 2 heterocycles. The predicted octanol–water partition coefficient (Wildman–Crippen LogP) is 6.51. The van der Waals surface area contributed by atoms with Gasteiger partial charge in [0.25, 0.3) is 5.91 Å². The number of pyridine rings is 1. The third-order valence-electron chi connectivity index (χ3n) is 6.61. The van der Waals surface area contributed by atoms with Crippen LogP contribution in [-0.4, -0.2) is 28.9 Å². The van der Waals surface area contributed by atoms with Crippen molar-refractivity contribution in [3.8, 4) is 11.1 Å². The Bertz CT molecular complexity index is 1360. The summed E-state index contributed by atoms with van der Waals surface area (Å²) in [7, 11) is 0. The number of aryl methyl sites for hydroxylation is 2. The highest BCUT2D eigenvalue weighted by molar-refractivity contribution is 6.06. The fourth-order valence-corrected chi connectivity index (χ4v) is 4.63. The van der Waals surface area contributed by atoms with E-state index >= 15 is 0 Å². The number of carbonyl (C=O) groups is 1. The Labute approximate surface area is 199 Å². The normalized spacial score (nSPS) is 14.0. The minimum atomic E-state index is -0.418. The van der Waals surface area contributed by atoms with Crippen LogP contribution in [0.5, 0.6) is 0 Å². The van der Waals surface area contributed by atoms with Gasteiger partial charge in [0.15, 0.2) is 0 Å². The van der Waals surface area contributed by atoms with Gasteiger partial charge in [0.2, 0.25) is 0 Å². The van der Waals surface area contributed by atoms with Gasteiger partial charge in [-0.15, -0.1) is 0 Å². The molecule has 3 aromatic carbocycles. The number of rotatable bonds is 5. The maximum atomic E-state index is 14.8. The van der Waals surface area contributed by atoms with Crippen LogP contribution in [0, 0.1) is 19.7 Å². The molecule has 0 unspecified atom stereocenters. The monoisotopic (exact) mass is 453 g/mol. The molecule has 0 bridgehead atoms. The molecule has 4 aromatic rings. The van der Waals surface area contributed by atoms with Gasteiger partial charge in [-0.3, -0.25) is 14.7 Å². The molecule has 172 valence electrons. The molecule has 0 spiro atoms. The number of likely N-dealkylation sites (tertiary alicyclic amines) is 1. The number of nitrogens with zero attached hydrogens (tertiary/aromatic N) is 2. The molecule has 5 heteroatoms. The summed E-state index contributed by atoms with van der Waals surface area (Å²) in [6.07, 6.45) is 4.46. The molecule has 5 rings (SSSR count). The van der Waals surface area contributed by atoms with Crippen molar-refractivity contribution in [3.05, 3.63) is 94.9 Å². The Balaban J connectivity index is 1.35. The fraction of sp³-hybridized carbons (Fsp3) is 0.241. The molecule has 4 nitrogen and oxygen atoms in total. The lowest BCUT2D eigenvalue weighted by atomic mass is 10.0. The molecule has 1 aliphatic heterocycles. The summed E-state index contributed by atoms with van der Waals surface area (Å²) in [6.45, 7) is 7.16. The molecule has 1 aromatic heterocycles. The number of nitrogens with one attached hydrogen (secondary N) is 1. The molecule has 34 heavy (non-hydrogen) atoms. The first-order valence-electron chi connectivity index (χ1n) is 11.8. The van der Waals surface area contributed by atoms with Crippen LogP contribution in [-0.2, 0) is 6.54 Å². The highest BCUT2D eigenvalue weighted by Gasteiger charge is 2.15. The molecule has 1 aliphatic rings. The Morgan fingerprint density at radius 3 is 2.50 bits per heavy atom. The van der Waals surface area contributed by atoms with E-state index in [0.717, 1.165) is 47.2 Å². The van der Waals surface area contributed by atoms with Crippen molar-refractivity contribution < 1.29 is 9.18 Å². The van der Waals surface area contributed by atoms with Crippen LogP contribution >= 0.6 is 0 Å². The van der Waals surface area contributed by atoms with Crippen molar-refractivity contribution in [1.82, 2.24) is 9.88 Å². The van der Waals surface area contributed by atoms with E-state index in [2.05, 4.69) is 16.3 Å². The summed E-state index contributed by atoms with van der Waals surface area (Å²) < 4.78 is 14.8. The predicted molar refractivity (Wildman–Crippen MR) is 136 cm³/mol. The van der Waals surface area contributed by atoms with E-state index in [9.17, 15) is 9.18 Å². The summed E-state index contributed by atoms with van der Waals surface area (Å²) in [5.74, 6) is -0.763. The second kappa shape index (κ2) is 9.35. The molecular formula is C29H28FN3O. The van der Waals surface area contributed by atoms with Gasteiger partial charge in [-0.05, 0) is 80.7 Å². The highest BCUT2D eigenvalue weighted by Crippen LogP contribution is 2.27. The van der Waals surface area contributed by atoms with Gasteiger partial charge in [0.05, 0.1) is 5.52 Å². The molecule has 0 aliphatic carbocycles. The van der Waals surface area contributed by atoms with Crippen LogP contribution in [0.4, 0.5) is 10.1 Å². The number of hydrogen-bond acceptors (Lipinski definition) is 3. The van der Waals surface area contributed by atoms with Crippen LogP contribution < -0.4 is 5.32 Å². The van der Waals surface area contributed by atoms with Crippen LogP contribution in [0.25, 0.3) is 22.0 Å². The van der Waals surface area contributed by atoms with E-state index in [1.807, 2.05) is 56.4 Å². The van der Waals surface area contributed by atoms with Crippen molar-refractivity contribution in [3.63, 3.8) is 0 Å². The van der Waals surface area contributed by atoms with Gasteiger partial charge in [0.1, 0.15) is 5.82 Å². The minimum Gasteiger partial charge on any atom is -0.322 e. The van der Waals surface area contributed by atoms with Crippen molar-refractivity contribution in [2.45, 2.75) is 33.2 Å². The summed E-state index contributed by atoms with van der Waals surface area (Å²) >= 11 is 0. The quantitative estimate of drug-likeness (QED) is 0.375. The molecule has 1 amide bonds. The number of hydrogen-bond donors (Lipinski definition) is 1. The highest BCUT2D eigenvalue weighted by atomic mass is 19.1. The Morgan fingerprint density at radius 1 is 1.00 bits per heavy atom. The van der Waals surface area contributed by atoms with Gasteiger partial charge in [-0.2, -0.15) is 0 Å². The molecule has 1 N–H and O–H groups in total. The maximum absolute atomic E-state index is 14.8. The van der Waals surface area contributed by atoms with Crippen molar-refractivity contribution in [2.75, 3.05) is 18.4 Å². The molecule has 1 saturated heterocycles. The zero-order chi connectivity index (χ0) is 23.7. The average molecular weight is 454 g/mol. The number of anilines is 1. The zero-order valence-corrected chi connectivity index (χ0v) is 19.6. The first kappa shape index (κ1) is 22.2. The van der Waals surface area contributed by atoms with E-state index in [1.54, 1.807) is 12.1 Å². The molecule has 0 atom stereocenters. The van der Waals surface area contributed by atoms with Crippen molar-refractivity contribution in [2.24, 2.45) is 0 Å². The largest absolute Gasteiger partial charge is 0.322 e. The first-order chi connectivity index (χ1) is 16.5. The third kappa shape index (κ3) is 4.57. The van der Waals surface area contributed by atoms with E-state index in [4.69, 9.17) is 4.98 Å². The Hall–Kier alpha value is -3.57. The first-order valence-corrected chi connectivity index (χ1v) is 11.8. The molecule has 1 fully saturated rings. The molecule has 0 saturated carbocycles. The summed E-state index contributed by atoms with van der Waals surface area (Å²) in [4.78, 5) is 20.0. The van der Waals surface area contributed by atoms with Gasteiger partial charge in [-0.25, -0.2) is 4.39 Å². The summed E-state index contributed by atoms with van der Waals surface area (Å²) in [6, 6.07) is 18.3. The molecule has 0 radical (unpaired) electrons. The lowest BCUT2D eigenvalue weighted by molar-refractivity contribution is 0.102. The van der Waals surface area contributed by atoms with Crippen LogP contribution in [0.15, 0.2) is 66.9 Å². The lowest BCUT2D eigenvalue weighted by Gasteiger charge is -2.15. The lowest BCUT2D eigenvalue weighted by Crippen LogP contribution is -2.18. The number of amides is 1. The number of halogens is 1. The van der Waals surface area contributed by atoms with Crippen molar-refractivity contribution in [1.29, 1.82) is 0 Å². The number of carbonyl (C=O) groups excluding carboxylic acids is 1. The van der Waals surface area contributed by atoms with Gasteiger partial charge < -0.3 is 5.32 Å². The van der Waals surface area contributed by atoms with E-state index in [-0.39, 0.29) is 11.5 Å². The summed E-state index contributed by atoms with van der Waals surface area (Å²) in [5, 5.41) is 3.99. The van der Waals surface area contributed by atoms with E-state index in [1.165, 1.54) is 24.5 Å². The van der Waals surface area contributed by atoms with Crippen molar-refractivity contribution >= 4 is 22.5 Å². The molecular weight excluding hydrogens is 425 g/mol. The third-order valence-corrected chi connectivity index (χ3v) is 6.61. The summed E-state index contributed by atoms with van der Waals surface area (Å²) in [5.41, 5.74) is 6.31. The second-order valence-corrected chi connectivity index (χ2v) is 9.15. The Morgan fingerprint density at radius 2 is 1.76 bits per heavy atom. The maximum Gasteiger partial charge on any atom is 0.255 e. The minimum absolute atomic E-state index is 0.279. The van der Waals surface area contributed by atoms with Crippen LogP contribution in [0.1, 0.15) is 39.9 Å². The van der Waals surface area contributed by atoms with Crippen LogP contribution in [0.3, 0.4) is 0 Å². The number of aromatic nitrogens is 1. The van der Waals surface area contributed by atoms with Gasteiger partial charge in [-0.1, -0.05) is 42.0 Å². The van der Waals surface area contributed by atoms with Gasteiger partial charge >= 0.3 is 0 Å².